The summed E-state index contributed by atoms with van der Waals surface area (Å²) in [6, 6.07) is 10.6. The van der Waals surface area contributed by atoms with E-state index in [4.69, 9.17) is 0 Å². The van der Waals surface area contributed by atoms with Gasteiger partial charge in [-0.2, -0.15) is 0 Å². The van der Waals surface area contributed by atoms with Crippen LogP contribution < -0.4 is 15.5 Å². The fourth-order valence-electron chi connectivity index (χ4n) is 4.24. The number of amides is 2. The molecular weight excluding hydrogens is 384 g/mol. The van der Waals surface area contributed by atoms with Crippen molar-refractivity contribution in [2.75, 3.05) is 38.1 Å². The maximum atomic E-state index is 12.3. The Hall–Kier alpha value is -2.38. The molecule has 6 nitrogen and oxygen atoms in total. The molecule has 0 aliphatic carbocycles. The summed E-state index contributed by atoms with van der Waals surface area (Å²) in [5.74, 6) is -1.14. The van der Waals surface area contributed by atoms with Crippen molar-refractivity contribution in [3.05, 3.63) is 51.7 Å². The van der Waals surface area contributed by atoms with Gasteiger partial charge in [0.15, 0.2) is 0 Å². The standard InChI is InChI=1S/C22H28N4O2S/c1-25-11-8-17-13-16(6-7-19(17)25)20(26-9-2-3-10-26)15-24-22(28)21(27)23-14-18-5-4-12-29-18/h4-7,12-13,20H,2-3,8-11,14-15H2,1H3,(H,23,27)(H,24,28)/t20-/m1/s1. The lowest BCUT2D eigenvalue weighted by molar-refractivity contribution is -0.139. The first-order valence-electron chi connectivity index (χ1n) is 10.3. The molecule has 2 amide bonds. The van der Waals surface area contributed by atoms with Crippen LogP contribution in [0.4, 0.5) is 5.69 Å². The smallest absolute Gasteiger partial charge is 0.309 e. The van der Waals surface area contributed by atoms with E-state index in [1.807, 2.05) is 17.5 Å². The number of likely N-dealkylation sites (tertiary alicyclic amines) is 1. The number of anilines is 1. The summed E-state index contributed by atoms with van der Waals surface area (Å²) in [5.41, 5.74) is 3.89. The quantitative estimate of drug-likeness (QED) is 0.715. The molecule has 3 heterocycles. The highest BCUT2D eigenvalue weighted by molar-refractivity contribution is 7.09. The van der Waals surface area contributed by atoms with Crippen LogP contribution in [-0.4, -0.2) is 49.9 Å². The van der Waals surface area contributed by atoms with Gasteiger partial charge in [-0.05, 0) is 61.0 Å². The largest absolute Gasteiger partial charge is 0.374 e. The highest BCUT2D eigenvalue weighted by Gasteiger charge is 2.26. The molecule has 2 N–H and O–H groups in total. The number of fused-ring (bicyclic) bond motifs is 1. The summed E-state index contributed by atoms with van der Waals surface area (Å²) in [5, 5.41) is 7.52. The lowest BCUT2D eigenvalue weighted by atomic mass is 10.0. The molecule has 2 aliphatic heterocycles. The first-order valence-corrected chi connectivity index (χ1v) is 11.2. The predicted molar refractivity (Wildman–Crippen MR) is 116 cm³/mol. The Bertz CT molecular complexity index is 862. The first kappa shape index (κ1) is 19.9. The van der Waals surface area contributed by atoms with Gasteiger partial charge in [-0.3, -0.25) is 14.5 Å². The van der Waals surface area contributed by atoms with E-state index in [1.165, 1.54) is 29.7 Å². The van der Waals surface area contributed by atoms with Gasteiger partial charge in [-0.25, -0.2) is 0 Å². The van der Waals surface area contributed by atoms with Crippen LogP contribution >= 0.6 is 11.3 Å². The zero-order valence-electron chi connectivity index (χ0n) is 16.8. The number of hydrogen-bond acceptors (Lipinski definition) is 5. The Morgan fingerprint density at radius 3 is 2.66 bits per heavy atom. The molecule has 29 heavy (non-hydrogen) atoms. The third kappa shape index (κ3) is 4.62. The zero-order valence-corrected chi connectivity index (χ0v) is 17.6. The summed E-state index contributed by atoms with van der Waals surface area (Å²) in [6.45, 7) is 3.94. The second-order valence-electron chi connectivity index (χ2n) is 7.79. The molecule has 0 radical (unpaired) electrons. The Morgan fingerprint density at radius 2 is 1.90 bits per heavy atom. The highest BCUT2D eigenvalue weighted by Crippen LogP contribution is 2.32. The number of rotatable bonds is 6. The number of likely N-dealkylation sites (N-methyl/N-ethyl adjacent to an activating group) is 1. The van der Waals surface area contributed by atoms with Gasteiger partial charge in [0.2, 0.25) is 0 Å². The van der Waals surface area contributed by atoms with Crippen molar-refractivity contribution >= 4 is 28.8 Å². The molecule has 1 fully saturated rings. The molecule has 1 aromatic heterocycles. The number of carbonyl (C=O) groups is 2. The maximum absolute atomic E-state index is 12.3. The van der Waals surface area contributed by atoms with E-state index in [0.717, 1.165) is 30.9 Å². The molecular formula is C22H28N4O2S. The molecule has 0 saturated carbocycles. The Balaban J connectivity index is 1.40. The summed E-state index contributed by atoms with van der Waals surface area (Å²) < 4.78 is 0. The van der Waals surface area contributed by atoms with Gasteiger partial charge in [0.1, 0.15) is 0 Å². The summed E-state index contributed by atoms with van der Waals surface area (Å²) in [4.78, 5) is 30.2. The first-order chi connectivity index (χ1) is 14.1. The molecule has 1 atom stereocenters. The van der Waals surface area contributed by atoms with Gasteiger partial charge in [0.05, 0.1) is 12.6 Å². The zero-order chi connectivity index (χ0) is 20.2. The molecule has 1 aromatic carbocycles. The van der Waals surface area contributed by atoms with Crippen LogP contribution in [0.5, 0.6) is 0 Å². The minimum absolute atomic E-state index is 0.0998. The summed E-state index contributed by atoms with van der Waals surface area (Å²) >= 11 is 1.56. The van der Waals surface area contributed by atoms with E-state index >= 15 is 0 Å². The van der Waals surface area contributed by atoms with Gasteiger partial charge in [0, 0.05) is 30.7 Å². The normalized spacial score (nSPS) is 17.2. The average molecular weight is 413 g/mol. The Kier molecular flexibility index (Phi) is 6.16. The molecule has 0 unspecified atom stereocenters. The molecule has 2 aromatic rings. The van der Waals surface area contributed by atoms with Gasteiger partial charge in [-0.1, -0.05) is 18.2 Å². The van der Waals surface area contributed by atoms with E-state index in [-0.39, 0.29) is 6.04 Å². The third-order valence-electron chi connectivity index (χ3n) is 5.86. The number of hydrogen-bond donors (Lipinski definition) is 2. The second-order valence-corrected chi connectivity index (χ2v) is 8.82. The number of nitrogens with zero attached hydrogens (tertiary/aromatic N) is 2. The molecule has 2 aliphatic rings. The minimum Gasteiger partial charge on any atom is -0.374 e. The average Bonchev–Trinajstić information content (AvgIpc) is 3.49. The van der Waals surface area contributed by atoms with E-state index < -0.39 is 11.8 Å². The predicted octanol–water partition coefficient (Wildman–Crippen LogP) is 2.31. The molecule has 4 rings (SSSR count). The number of thiophene rings is 1. The van der Waals surface area contributed by atoms with Crippen molar-refractivity contribution in [1.29, 1.82) is 0 Å². The van der Waals surface area contributed by atoms with Crippen molar-refractivity contribution in [2.24, 2.45) is 0 Å². The van der Waals surface area contributed by atoms with Gasteiger partial charge in [-0.15, -0.1) is 11.3 Å². The fraction of sp³-hybridized carbons (Fsp3) is 0.455. The van der Waals surface area contributed by atoms with Gasteiger partial charge < -0.3 is 15.5 Å². The number of benzene rings is 1. The Morgan fingerprint density at radius 1 is 1.10 bits per heavy atom. The lowest BCUT2D eigenvalue weighted by Gasteiger charge is -2.28. The molecule has 0 spiro atoms. The van der Waals surface area contributed by atoms with Crippen LogP contribution in [-0.2, 0) is 22.6 Å². The molecule has 0 bridgehead atoms. The van der Waals surface area contributed by atoms with Crippen LogP contribution in [0.3, 0.4) is 0 Å². The van der Waals surface area contributed by atoms with Crippen LogP contribution in [0.25, 0.3) is 0 Å². The topological polar surface area (TPSA) is 64.7 Å². The highest BCUT2D eigenvalue weighted by atomic mass is 32.1. The van der Waals surface area contributed by atoms with Crippen molar-refractivity contribution in [1.82, 2.24) is 15.5 Å². The molecule has 1 saturated heterocycles. The van der Waals surface area contributed by atoms with E-state index in [2.05, 4.69) is 45.7 Å². The van der Waals surface area contributed by atoms with Crippen molar-refractivity contribution in [2.45, 2.75) is 31.8 Å². The fourth-order valence-corrected chi connectivity index (χ4v) is 4.88. The van der Waals surface area contributed by atoms with Crippen LogP contribution in [0.15, 0.2) is 35.7 Å². The summed E-state index contributed by atoms with van der Waals surface area (Å²) in [6.07, 6.45) is 3.42. The monoisotopic (exact) mass is 412 g/mol. The third-order valence-corrected chi connectivity index (χ3v) is 6.74. The van der Waals surface area contributed by atoms with Crippen molar-refractivity contribution < 1.29 is 9.59 Å². The Labute approximate surface area is 175 Å². The van der Waals surface area contributed by atoms with Gasteiger partial charge >= 0.3 is 11.8 Å². The van der Waals surface area contributed by atoms with Crippen molar-refractivity contribution in [3.8, 4) is 0 Å². The second kappa shape index (κ2) is 8.97. The van der Waals surface area contributed by atoms with Gasteiger partial charge in [0.25, 0.3) is 0 Å². The van der Waals surface area contributed by atoms with E-state index in [0.29, 0.717) is 13.1 Å². The van der Waals surface area contributed by atoms with Crippen LogP contribution in [0.1, 0.15) is 34.9 Å². The van der Waals surface area contributed by atoms with Crippen LogP contribution in [0.2, 0.25) is 0 Å². The number of nitrogens with one attached hydrogen (secondary N) is 2. The van der Waals surface area contributed by atoms with Crippen LogP contribution in [0, 0.1) is 0 Å². The van der Waals surface area contributed by atoms with E-state index in [1.54, 1.807) is 11.3 Å². The lowest BCUT2D eigenvalue weighted by Crippen LogP contribution is -2.43. The minimum atomic E-state index is -0.575. The van der Waals surface area contributed by atoms with Crippen molar-refractivity contribution in [3.63, 3.8) is 0 Å². The molecule has 7 heteroatoms. The number of carbonyl (C=O) groups excluding carboxylic acids is 2. The van der Waals surface area contributed by atoms with E-state index in [9.17, 15) is 9.59 Å². The summed E-state index contributed by atoms with van der Waals surface area (Å²) in [7, 11) is 2.12. The maximum Gasteiger partial charge on any atom is 0.309 e. The SMILES string of the molecule is CN1CCc2cc([C@@H](CNC(=O)C(=O)NCc3cccs3)N3CCCC3)ccc21. The molecule has 154 valence electrons.